The summed E-state index contributed by atoms with van der Waals surface area (Å²) in [7, 11) is 0. The van der Waals surface area contributed by atoms with E-state index in [4.69, 9.17) is 27.9 Å². The summed E-state index contributed by atoms with van der Waals surface area (Å²) in [6.45, 7) is 2.41. The van der Waals surface area contributed by atoms with Crippen molar-refractivity contribution in [2.75, 3.05) is 13.2 Å². The number of nitrogens with one attached hydrogen (secondary N) is 1. The van der Waals surface area contributed by atoms with E-state index in [-0.39, 0.29) is 12.5 Å². The van der Waals surface area contributed by atoms with Gasteiger partial charge in [0.1, 0.15) is 6.10 Å². The summed E-state index contributed by atoms with van der Waals surface area (Å²) in [6.07, 6.45) is 0.970. The zero-order valence-electron chi connectivity index (χ0n) is 11.8. The second-order valence-corrected chi connectivity index (χ2v) is 6.19. The average Bonchev–Trinajstić information content (AvgIpc) is 3.25. The van der Waals surface area contributed by atoms with Crippen molar-refractivity contribution in [3.05, 3.63) is 33.8 Å². The molecule has 21 heavy (non-hydrogen) atoms. The minimum Gasteiger partial charge on any atom is -0.387 e. The van der Waals surface area contributed by atoms with Crippen LogP contribution in [-0.2, 0) is 9.53 Å². The van der Waals surface area contributed by atoms with Crippen LogP contribution in [0.2, 0.25) is 10.0 Å². The number of hydrogen-bond donors (Lipinski definition) is 2. The van der Waals surface area contributed by atoms with Crippen LogP contribution in [0.3, 0.4) is 0 Å². The van der Waals surface area contributed by atoms with Crippen molar-refractivity contribution in [2.24, 2.45) is 5.92 Å². The van der Waals surface area contributed by atoms with E-state index in [9.17, 15) is 9.90 Å². The van der Waals surface area contributed by atoms with E-state index in [1.807, 2.05) is 0 Å². The van der Waals surface area contributed by atoms with Gasteiger partial charge >= 0.3 is 0 Å². The van der Waals surface area contributed by atoms with Gasteiger partial charge in [-0.05, 0) is 37.8 Å². The van der Waals surface area contributed by atoms with Gasteiger partial charge in [-0.2, -0.15) is 0 Å². The number of benzene rings is 1. The fraction of sp³-hybridized carbons (Fsp3) is 0.533. The quantitative estimate of drug-likeness (QED) is 0.807. The minimum absolute atomic E-state index is 0.0807. The Balaban J connectivity index is 1.79. The molecule has 1 aliphatic carbocycles. The molecule has 1 aromatic carbocycles. The summed E-state index contributed by atoms with van der Waals surface area (Å²) in [5, 5.41) is 13.6. The fourth-order valence-corrected chi connectivity index (χ4v) is 2.40. The molecule has 2 atom stereocenters. The lowest BCUT2D eigenvalue weighted by Crippen LogP contribution is -2.37. The fourth-order valence-electron chi connectivity index (χ4n) is 1.86. The molecule has 0 saturated heterocycles. The maximum absolute atomic E-state index is 11.8. The molecule has 116 valence electrons. The maximum atomic E-state index is 11.8. The van der Waals surface area contributed by atoms with Crippen LogP contribution in [0, 0.1) is 5.92 Å². The predicted molar refractivity (Wildman–Crippen MR) is 82.6 cm³/mol. The molecule has 0 aliphatic heterocycles. The molecule has 0 radical (unpaired) electrons. The van der Waals surface area contributed by atoms with Crippen LogP contribution in [0.1, 0.15) is 31.4 Å². The Kier molecular flexibility index (Phi) is 5.88. The van der Waals surface area contributed by atoms with E-state index in [0.717, 1.165) is 0 Å². The summed E-state index contributed by atoms with van der Waals surface area (Å²) < 4.78 is 5.47. The van der Waals surface area contributed by atoms with E-state index in [1.54, 1.807) is 25.1 Å². The van der Waals surface area contributed by atoms with Crippen molar-refractivity contribution in [2.45, 2.75) is 32.0 Å². The molecular formula is C15H19Cl2NO3. The zero-order valence-corrected chi connectivity index (χ0v) is 13.3. The molecule has 1 saturated carbocycles. The zero-order chi connectivity index (χ0) is 15.4. The second kappa shape index (κ2) is 7.45. The molecule has 6 heteroatoms. The Morgan fingerprint density at radius 2 is 2.19 bits per heavy atom. The summed E-state index contributed by atoms with van der Waals surface area (Å²) in [5.74, 6) is 0.374. The first-order valence-corrected chi connectivity index (χ1v) is 7.75. The van der Waals surface area contributed by atoms with E-state index < -0.39 is 12.2 Å². The highest BCUT2D eigenvalue weighted by Gasteiger charge is 2.24. The van der Waals surface area contributed by atoms with Crippen LogP contribution in [0.25, 0.3) is 0 Å². The number of aliphatic hydroxyl groups excluding tert-OH is 1. The number of halogens is 2. The van der Waals surface area contributed by atoms with E-state index in [2.05, 4.69) is 5.32 Å². The van der Waals surface area contributed by atoms with Gasteiger partial charge in [0, 0.05) is 22.2 Å². The predicted octanol–water partition coefficient (Wildman–Crippen LogP) is 2.96. The van der Waals surface area contributed by atoms with Gasteiger partial charge < -0.3 is 15.2 Å². The monoisotopic (exact) mass is 331 g/mol. The van der Waals surface area contributed by atoms with Crippen molar-refractivity contribution in [1.29, 1.82) is 0 Å². The molecule has 4 nitrogen and oxygen atoms in total. The third kappa shape index (κ3) is 5.15. The summed E-state index contributed by atoms with van der Waals surface area (Å²) >= 11 is 11.8. The van der Waals surface area contributed by atoms with Crippen molar-refractivity contribution in [1.82, 2.24) is 5.32 Å². The number of ether oxygens (including phenoxy) is 1. The van der Waals surface area contributed by atoms with Crippen LogP contribution in [-0.4, -0.2) is 30.3 Å². The second-order valence-electron chi connectivity index (χ2n) is 5.35. The number of carbonyl (C=O) groups excluding carboxylic acids is 1. The molecule has 1 amide bonds. The molecule has 0 heterocycles. The SMILES string of the molecule is C[C@@H](OCC1CC1)C(=O)NC[C@@H](O)c1ccc(Cl)cc1Cl. The van der Waals surface area contributed by atoms with E-state index in [0.29, 0.717) is 28.1 Å². The lowest BCUT2D eigenvalue weighted by molar-refractivity contribution is -0.132. The third-order valence-electron chi connectivity index (χ3n) is 3.44. The van der Waals surface area contributed by atoms with Gasteiger partial charge in [-0.1, -0.05) is 29.3 Å². The first kappa shape index (κ1) is 16.6. The number of amides is 1. The van der Waals surface area contributed by atoms with E-state index in [1.165, 1.54) is 12.8 Å². The molecular weight excluding hydrogens is 313 g/mol. The molecule has 1 aromatic rings. The Hall–Kier alpha value is -0.810. The van der Waals surface area contributed by atoms with Crippen molar-refractivity contribution >= 4 is 29.1 Å². The topological polar surface area (TPSA) is 58.6 Å². The average molecular weight is 332 g/mol. The summed E-state index contributed by atoms with van der Waals surface area (Å²) in [5.41, 5.74) is 0.535. The van der Waals surface area contributed by atoms with Gasteiger partial charge in [0.2, 0.25) is 5.91 Å². The van der Waals surface area contributed by atoms with Gasteiger partial charge in [-0.3, -0.25) is 4.79 Å². The summed E-state index contributed by atoms with van der Waals surface area (Å²) in [4.78, 5) is 11.8. The molecule has 1 fully saturated rings. The molecule has 0 aromatic heterocycles. The lowest BCUT2D eigenvalue weighted by atomic mass is 10.1. The number of rotatable bonds is 7. The Labute approximate surface area is 134 Å². The summed E-state index contributed by atoms with van der Waals surface area (Å²) in [6, 6.07) is 4.86. The first-order valence-electron chi connectivity index (χ1n) is 6.99. The molecule has 0 bridgehead atoms. The Morgan fingerprint density at radius 3 is 2.81 bits per heavy atom. The number of hydrogen-bond acceptors (Lipinski definition) is 3. The van der Waals surface area contributed by atoms with E-state index >= 15 is 0 Å². The van der Waals surface area contributed by atoms with Gasteiger partial charge in [0.25, 0.3) is 0 Å². The maximum Gasteiger partial charge on any atom is 0.248 e. The largest absolute Gasteiger partial charge is 0.387 e. The normalized spacial score (nSPS) is 17.3. The van der Waals surface area contributed by atoms with Gasteiger partial charge in [0.05, 0.1) is 12.7 Å². The Bertz CT molecular complexity index is 506. The first-order chi connectivity index (χ1) is 9.97. The standard InChI is InChI=1S/C15H19Cl2NO3/c1-9(21-8-10-2-3-10)15(20)18-7-14(19)12-5-4-11(16)6-13(12)17/h4-6,9-10,14,19H,2-3,7-8H2,1H3,(H,18,20)/t9-,14-/m1/s1. The van der Waals surface area contributed by atoms with Gasteiger partial charge in [0.15, 0.2) is 0 Å². The van der Waals surface area contributed by atoms with Crippen molar-refractivity contribution in [3.63, 3.8) is 0 Å². The van der Waals surface area contributed by atoms with Crippen LogP contribution in [0.15, 0.2) is 18.2 Å². The molecule has 0 spiro atoms. The molecule has 0 unspecified atom stereocenters. The van der Waals surface area contributed by atoms with Crippen LogP contribution >= 0.6 is 23.2 Å². The van der Waals surface area contributed by atoms with Gasteiger partial charge in [-0.25, -0.2) is 0 Å². The highest BCUT2D eigenvalue weighted by atomic mass is 35.5. The third-order valence-corrected chi connectivity index (χ3v) is 4.00. The van der Waals surface area contributed by atoms with Crippen molar-refractivity contribution in [3.8, 4) is 0 Å². The highest BCUT2D eigenvalue weighted by molar-refractivity contribution is 6.35. The molecule has 1 aliphatic rings. The number of aliphatic hydroxyl groups is 1. The highest BCUT2D eigenvalue weighted by Crippen LogP contribution is 2.29. The minimum atomic E-state index is -0.880. The molecule has 2 rings (SSSR count). The van der Waals surface area contributed by atoms with Crippen LogP contribution in [0.5, 0.6) is 0 Å². The smallest absolute Gasteiger partial charge is 0.248 e. The Morgan fingerprint density at radius 1 is 1.48 bits per heavy atom. The van der Waals surface area contributed by atoms with Crippen LogP contribution in [0.4, 0.5) is 0 Å². The van der Waals surface area contributed by atoms with Crippen molar-refractivity contribution < 1.29 is 14.6 Å². The lowest BCUT2D eigenvalue weighted by Gasteiger charge is -2.17. The van der Waals surface area contributed by atoms with Gasteiger partial charge in [-0.15, -0.1) is 0 Å². The molecule has 2 N–H and O–H groups in total. The van der Waals surface area contributed by atoms with Crippen LogP contribution < -0.4 is 5.32 Å². The number of carbonyl (C=O) groups is 1.